The molecular weight excluding hydrogens is 316 g/mol. The minimum Gasteiger partial charge on any atom is -0.383 e. The number of halogens is 2. The highest BCUT2D eigenvalue weighted by Gasteiger charge is 2.05. The molecule has 0 heterocycles. The summed E-state index contributed by atoms with van der Waals surface area (Å²) in [5, 5.41) is 4.14. The van der Waals surface area contributed by atoms with Gasteiger partial charge in [-0.3, -0.25) is 0 Å². The van der Waals surface area contributed by atoms with Gasteiger partial charge in [0.1, 0.15) is 0 Å². The number of nitrogens with one attached hydrogen (secondary N) is 1. The molecule has 18 heavy (non-hydrogen) atoms. The summed E-state index contributed by atoms with van der Waals surface area (Å²) in [5.74, 6) is 0. The average Bonchev–Trinajstić information content (AvgIpc) is 2.33. The molecule has 1 aromatic rings. The topological polar surface area (TPSA) is 24.5 Å². The van der Waals surface area contributed by atoms with E-state index in [1.165, 1.54) is 0 Å². The van der Waals surface area contributed by atoms with E-state index in [9.17, 15) is 0 Å². The second-order valence-electron chi connectivity index (χ2n) is 4.22. The van der Waals surface area contributed by atoms with E-state index in [1.807, 2.05) is 12.1 Å². The quantitative estimate of drug-likeness (QED) is 0.739. The van der Waals surface area contributed by atoms with Crippen molar-refractivity contribution in [2.45, 2.75) is 6.54 Å². The molecule has 0 saturated carbocycles. The summed E-state index contributed by atoms with van der Waals surface area (Å²) in [6, 6.07) is 5.95. The molecular formula is C13H20BrClN2O. The molecule has 0 aliphatic heterocycles. The Morgan fingerprint density at radius 2 is 2.17 bits per heavy atom. The first-order valence-corrected chi connectivity index (χ1v) is 7.12. The van der Waals surface area contributed by atoms with Crippen molar-refractivity contribution in [1.82, 2.24) is 10.2 Å². The van der Waals surface area contributed by atoms with Crippen LogP contribution in [0, 0.1) is 0 Å². The van der Waals surface area contributed by atoms with Gasteiger partial charge < -0.3 is 15.0 Å². The molecule has 1 rings (SSSR count). The van der Waals surface area contributed by atoms with E-state index in [4.69, 9.17) is 16.3 Å². The van der Waals surface area contributed by atoms with Gasteiger partial charge in [-0.1, -0.05) is 27.5 Å². The third-order valence-electron chi connectivity index (χ3n) is 2.60. The Labute approximate surface area is 123 Å². The highest BCUT2D eigenvalue weighted by Crippen LogP contribution is 2.21. The minimum absolute atomic E-state index is 0.751. The number of methoxy groups -OCH3 is 1. The van der Waals surface area contributed by atoms with Crippen LogP contribution >= 0.6 is 27.5 Å². The molecule has 1 N–H and O–H groups in total. The molecule has 102 valence electrons. The van der Waals surface area contributed by atoms with Gasteiger partial charge in [0.15, 0.2) is 0 Å². The second-order valence-corrected chi connectivity index (χ2v) is 5.54. The lowest BCUT2D eigenvalue weighted by molar-refractivity contribution is 0.197. The van der Waals surface area contributed by atoms with Crippen LogP contribution < -0.4 is 5.32 Å². The average molecular weight is 336 g/mol. The van der Waals surface area contributed by atoms with Crippen molar-refractivity contribution in [3.8, 4) is 0 Å². The lowest BCUT2D eigenvalue weighted by Gasteiger charge is -2.18. The van der Waals surface area contributed by atoms with Crippen molar-refractivity contribution in [3.63, 3.8) is 0 Å². The molecule has 0 atom stereocenters. The van der Waals surface area contributed by atoms with Crippen molar-refractivity contribution in [1.29, 1.82) is 0 Å². The van der Waals surface area contributed by atoms with Crippen LogP contribution in [0.15, 0.2) is 22.7 Å². The van der Waals surface area contributed by atoms with E-state index < -0.39 is 0 Å². The SMILES string of the molecule is COCCNCCN(C)Cc1cc(Br)ccc1Cl. The fourth-order valence-electron chi connectivity index (χ4n) is 1.60. The van der Waals surface area contributed by atoms with Gasteiger partial charge in [-0.15, -0.1) is 0 Å². The van der Waals surface area contributed by atoms with Gasteiger partial charge in [-0.05, 0) is 30.8 Å². The van der Waals surface area contributed by atoms with Crippen molar-refractivity contribution in [2.24, 2.45) is 0 Å². The molecule has 0 fully saturated rings. The Hall–Kier alpha value is -0.130. The van der Waals surface area contributed by atoms with Crippen LogP contribution in [0.4, 0.5) is 0 Å². The predicted molar refractivity (Wildman–Crippen MR) is 80.2 cm³/mol. The number of hydrogen-bond donors (Lipinski definition) is 1. The van der Waals surface area contributed by atoms with Crippen LogP contribution in [-0.2, 0) is 11.3 Å². The van der Waals surface area contributed by atoms with E-state index in [2.05, 4.69) is 39.3 Å². The highest BCUT2D eigenvalue weighted by molar-refractivity contribution is 9.10. The van der Waals surface area contributed by atoms with Gasteiger partial charge >= 0.3 is 0 Å². The molecule has 0 unspecified atom stereocenters. The summed E-state index contributed by atoms with van der Waals surface area (Å²) in [7, 11) is 3.80. The van der Waals surface area contributed by atoms with Crippen LogP contribution in [-0.4, -0.2) is 45.3 Å². The molecule has 0 aromatic heterocycles. The van der Waals surface area contributed by atoms with Gasteiger partial charge in [0.2, 0.25) is 0 Å². The van der Waals surface area contributed by atoms with E-state index in [-0.39, 0.29) is 0 Å². The van der Waals surface area contributed by atoms with Crippen molar-refractivity contribution in [2.75, 3.05) is 40.4 Å². The number of benzene rings is 1. The Kier molecular flexibility index (Phi) is 7.86. The molecule has 0 saturated heterocycles. The summed E-state index contributed by atoms with van der Waals surface area (Å²) in [6.45, 7) is 4.42. The molecule has 3 nitrogen and oxygen atoms in total. The Morgan fingerprint density at radius 1 is 1.39 bits per heavy atom. The van der Waals surface area contributed by atoms with Gasteiger partial charge in [-0.2, -0.15) is 0 Å². The number of rotatable bonds is 8. The van der Waals surface area contributed by atoms with Crippen LogP contribution in [0.5, 0.6) is 0 Å². The van der Waals surface area contributed by atoms with Crippen LogP contribution in [0.25, 0.3) is 0 Å². The second kappa shape index (κ2) is 8.88. The minimum atomic E-state index is 0.751. The zero-order valence-corrected chi connectivity index (χ0v) is 13.2. The zero-order chi connectivity index (χ0) is 13.4. The van der Waals surface area contributed by atoms with Gasteiger partial charge in [0, 0.05) is 42.8 Å². The highest BCUT2D eigenvalue weighted by atomic mass is 79.9. The summed E-state index contributed by atoms with van der Waals surface area (Å²) in [6.07, 6.45) is 0. The largest absolute Gasteiger partial charge is 0.383 e. The van der Waals surface area contributed by atoms with E-state index in [1.54, 1.807) is 7.11 Å². The molecule has 0 amide bonds. The molecule has 0 radical (unpaired) electrons. The van der Waals surface area contributed by atoms with Gasteiger partial charge in [0.25, 0.3) is 0 Å². The lowest BCUT2D eigenvalue weighted by Crippen LogP contribution is -2.30. The molecule has 1 aromatic carbocycles. The van der Waals surface area contributed by atoms with Gasteiger partial charge in [-0.25, -0.2) is 0 Å². The zero-order valence-electron chi connectivity index (χ0n) is 10.9. The van der Waals surface area contributed by atoms with Crippen molar-refractivity contribution >= 4 is 27.5 Å². The maximum absolute atomic E-state index is 6.16. The van der Waals surface area contributed by atoms with E-state index in [0.717, 1.165) is 47.8 Å². The summed E-state index contributed by atoms with van der Waals surface area (Å²) in [4.78, 5) is 2.24. The Morgan fingerprint density at radius 3 is 2.89 bits per heavy atom. The molecule has 0 bridgehead atoms. The van der Waals surface area contributed by atoms with E-state index in [0.29, 0.717) is 0 Å². The summed E-state index contributed by atoms with van der Waals surface area (Å²) >= 11 is 9.63. The molecule has 0 aliphatic carbocycles. The molecule has 5 heteroatoms. The third kappa shape index (κ3) is 6.16. The predicted octanol–water partition coefficient (Wildman–Crippen LogP) is 2.77. The van der Waals surface area contributed by atoms with Crippen LogP contribution in [0.3, 0.4) is 0 Å². The standard InChI is InChI=1S/C13H20BrClN2O/c1-17(7-5-16-6-8-18-2)10-11-9-12(14)3-4-13(11)15/h3-4,9,16H,5-8,10H2,1-2H3. The fourth-order valence-corrected chi connectivity index (χ4v) is 2.19. The first-order chi connectivity index (χ1) is 8.63. The fraction of sp³-hybridized carbons (Fsp3) is 0.538. The maximum atomic E-state index is 6.16. The maximum Gasteiger partial charge on any atom is 0.0587 e. The smallest absolute Gasteiger partial charge is 0.0587 e. The molecule has 0 spiro atoms. The van der Waals surface area contributed by atoms with E-state index >= 15 is 0 Å². The Bertz CT molecular complexity index is 363. The van der Waals surface area contributed by atoms with Crippen molar-refractivity contribution < 1.29 is 4.74 Å². The van der Waals surface area contributed by atoms with Crippen molar-refractivity contribution in [3.05, 3.63) is 33.3 Å². The molecule has 0 aliphatic rings. The summed E-state index contributed by atoms with van der Waals surface area (Å²) < 4.78 is 6.04. The lowest BCUT2D eigenvalue weighted by atomic mass is 10.2. The number of hydrogen-bond acceptors (Lipinski definition) is 3. The summed E-state index contributed by atoms with van der Waals surface area (Å²) in [5.41, 5.74) is 1.14. The first-order valence-electron chi connectivity index (χ1n) is 5.95. The first kappa shape index (κ1) is 15.9. The number of ether oxygens (including phenoxy) is 1. The van der Waals surface area contributed by atoms with Crippen LogP contribution in [0.1, 0.15) is 5.56 Å². The van der Waals surface area contributed by atoms with Gasteiger partial charge in [0.05, 0.1) is 6.61 Å². The third-order valence-corrected chi connectivity index (χ3v) is 3.46. The van der Waals surface area contributed by atoms with Crippen LogP contribution in [0.2, 0.25) is 5.02 Å². The number of likely N-dealkylation sites (N-methyl/N-ethyl adjacent to an activating group) is 1. The monoisotopic (exact) mass is 334 g/mol. The normalized spacial score (nSPS) is 11.2. The Balaban J connectivity index is 2.30. The number of nitrogens with zero attached hydrogens (tertiary/aromatic N) is 1.